The first-order chi connectivity index (χ1) is 17.4. The fraction of sp³-hybridized carbons (Fsp3) is 0.367. The molecule has 0 atom stereocenters. The van der Waals surface area contributed by atoms with Gasteiger partial charge in [0.05, 0.1) is 17.6 Å². The number of allylic oxidation sites excluding steroid dienone is 4. The molecule has 0 saturated carbocycles. The zero-order valence-corrected chi connectivity index (χ0v) is 21.4. The topological polar surface area (TPSA) is 71.2 Å². The van der Waals surface area contributed by atoms with E-state index >= 15 is 0 Å². The molecule has 0 amide bonds. The van der Waals surface area contributed by atoms with Crippen molar-refractivity contribution in [3.8, 4) is 5.82 Å². The number of rotatable bonds is 7. The number of aromatic nitrogens is 3. The Kier molecular flexibility index (Phi) is 6.88. The molecule has 0 fully saturated rings. The van der Waals surface area contributed by atoms with E-state index < -0.39 is 5.97 Å². The molecule has 6 nitrogen and oxygen atoms in total. The van der Waals surface area contributed by atoms with Crippen LogP contribution in [0.1, 0.15) is 71.5 Å². The predicted octanol–water partition coefficient (Wildman–Crippen LogP) is 5.64. The second-order valence-electron chi connectivity index (χ2n) is 9.96. The summed E-state index contributed by atoms with van der Waals surface area (Å²) in [6.45, 7) is 6.35. The Bertz CT molecular complexity index is 1370. The van der Waals surface area contributed by atoms with Crippen molar-refractivity contribution in [3.63, 3.8) is 0 Å². The number of carbonyl (C=O) groups is 1. The number of hydrogen-bond acceptors (Lipinski definition) is 4. The second kappa shape index (κ2) is 10.2. The van der Waals surface area contributed by atoms with Crippen LogP contribution < -0.4 is 0 Å². The minimum absolute atomic E-state index is 0.231. The van der Waals surface area contributed by atoms with E-state index in [2.05, 4.69) is 54.3 Å². The van der Waals surface area contributed by atoms with Gasteiger partial charge in [0.2, 0.25) is 0 Å². The summed E-state index contributed by atoms with van der Waals surface area (Å²) in [7, 11) is 2.19. The van der Waals surface area contributed by atoms with Crippen LogP contribution in [-0.2, 0) is 25.8 Å². The zero-order valence-electron chi connectivity index (χ0n) is 21.4. The third kappa shape index (κ3) is 4.78. The lowest BCUT2D eigenvalue weighted by molar-refractivity contribution is 0.0695. The molecule has 2 aliphatic rings. The molecule has 3 heterocycles. The molecule has 186 valence electrons. The molecule has 1 aliphatic carbocycles. The average Bonchev–Trinajstić information content (AvgIpc) is 3.32. The standard InChI is InChI=1S/C30H34N4O2/c1-4-28-26(30(35)36)18-31-34(28)29-10-6-9-27(32-29)25-8-5-7-20(2)24(25)14-12-21-11-13-23-19-33(3)16-15-22(23)17-21/h6,8-11,13,17-18H,4-5,7,12,14-16,19H2,1-3H3,(H,35,36). The maximum Gasteiger partial charge on any atom is 0.339 e. The first kappa shape index (κ1) is 24.2. The lowest BCUT2D eigenvalue weighted by Crippen LogP contribution is -2.26. The Labute approximate surface area is 213 Å². The van der Waals surface area contributed by atoms with Gasteiger partial charge in [-0.1, -0.05) is 42.8 Å². The fourth-order valence-electron chi connectivity index (χ4n) is 5.50. The molecule has 1 aliphatic heterocycles. The van der Waals surface area contributed by atoms with Crippen LogP contribution in [0.3, 0.4) is 0 Å². The quantitative estimate of drug-likeness (QED) is 0.472. The summed E-state index contributed by atoms with van der Waals surface area (Å²) in [5, 5.41) is 13.9. The van der Waals surface area contributed by atoms with Gasteiger partial charge in [0.25, 0.3) is 0 Å². The Balaban J connectivity index is 1.40. The lowest BCUT2D eigenvalue weighted by Gasteiger charge is -2.25. The van der Waals surface area contributed by atoms with Gasteiger partial charge in [-0.15, -0.1) is 0 Å². The summed E-state index contributed by atoms with van der Waals surface area (Å²) < 4.78 is 1.66. The summed E-state index contributed by atoms with van der Waals surface area (Å²) in [5.41, 5.74) is 10.2. The Morgan fingerprint density at radius 1 is 1.11 bits per heavy atom. The van der Waals surface area contributed by atoms with E-state index in [1.165, 1.54) is 39.6 Å². The number of carboxylic acid groups (broad SMARTS) is 1. The van der Waals surface area contributed by atoms with E-state index in [9.17, 15) is 9.90 Å². The van der Waals surface area contributed by atoms with Crippen LogP contribution in [0, 0.1) is 0 Å². The molecule has 0 unspecified atom stereocenters. The highest BCUT2D eigenvalue weighted by Gasteiger charge is 2.20. The van der Waals surface area contributed by atoms with Crippen molar-refractivity contribution >= 4 is 11.5 Å². The van der Waals surface area contributed by atoms with Crippen molar-refractivity contribution in [1.82, 2.24) is 19.7 Å². The van der Waals surface area contributed by atoms with Crippen LogP contribution in [-0.4, -0.2) is 44.3 Å². The van der Waals surface area contributed by atoms with Crippen LogP contribution >= 0.6 is 0 Å². The number of aryl methyl sites for hydroxylation is 1. The third-order valence-corrected chi connectivity index (χ3v) is 7.51. The molecule has 36 heavy (non-hydrogen) atoms. The van der Waals surface area contributed by atoms with E-state index in [1.807, 2.05) is 19.1 Å². The highest BCUT2D eigenvalue weighted by molar-refractivity contribution is 5.88. The van der Waals surface area contributed by atoms with Gasteiger partial charge in [0.1, 0.15) is 5.56 Å². The first-order valence-corrected chi connectivity index (χ1v) is 12.9. The maximum absolute atomic E-state index is 11.6. The van der Waals surface area contributed by atoms with Crippen LogP contribution in [0.15, 0.2) is 59.8 Å². The van der Waals surface area contributed by atoms with Gasteiger partial charge in [0.15, 0.2) is 5.82 Å². The second-order valence-corrected chi connectivity index (χ2v) is 9.96. The van der Waals surface area contributed by atoms with Crippen molar-refractivity contribution in [2.45, 2.75) is 58.9 Å². The molecule has 2 aromatic heterocycles. The minimum atomic E-state index is -0.959. The van der Waals surface area contributed by atoms with Gasteiger partial charge < -0.3 is 10.0 Å². The van der Waals surface area contributed by atoms with Gasteiger partial charge in [-0.3, -0.25) is 0 Å². The van der Waals surface area contributed by atoms with Gasteiger partial charge in [-0.05, 0) is 92.5 Å². The van der Waals surface area contributed by atoms with Crippen LogP contribution in [0.4, 0.5) is 0 Å². The van der Waals surface area contributed by atoms with Crippen molar-refractivity contribution in [2.24, 2.45) is 0 Å². The number of aromatic carboxylic acids is 1. The van der Waals surface area contributed by atoms with Gasteiger partial charge in [-0.2, -0.15) is 5.10 Å². The Hall–Kier alpha value is -3.51. The number of benzene rings is 1. The van der Waals surface area contributed by atoms with Crippen LogP contribution in [0.25, 0.3) is 11.4 Å². The average molecular weight is 483 g/mol. The number of fused-ring (bicyclic) bond motifs is 1. The summed E-state index contributed by atoms with van der Waals surface area (Å²) in [6.07, 6.45) is 9.49. The number of nitrogens with zero attached hydrogens (tertiary/aromatic N) is 4. The van der Waals surface area contributed by atoms with E-state index in [0.29, 0.717) is 17.9 Å². The van der Waals surface area contributed by atoms with Crippen molar-refractivity contribution in [1.29, 1.82) is 0 Å². The summed E-state index contributed by atoms with van der Waals surface area (Å²) in [4.78, 5) is 18.9. The highest BCUT2D eigenvalue weighted by atomic mass is 16.4. The molecule has 0 radical (unpaired) electrons. The maximum atomic E-state index is 11.6. The van der Waals surface area contributed by atoms with Crippen molar-refractivity contribution in [3.05, 3.63) is 93.5 Å². The molecule has 0 bridgehead atoms. The molecule has 6 heteroatoms. The van der Waals surface area contributed by atoms with Crippen LogP contribution in [0.2, 0.25) is 0 Å². The first-order valence-electron chi connectivity index (χ1n) is 12.9. The fourth-order valence-corrected chi connectivity index (χ4v) is 5.50. The largest absolute Gasteiger partial charge is 0.478 e. The molecule has 5 rings (SSSR count). The van der Waals surface area contributed by atoms with Crippen LogP contribution in [0.5, 0.6) is 0 Å². The van der Waals surface area contributed by atoms with E-state index in [1.54, 1.807) is 4.68 Å². The number of carboxylic acids is 1. The summed E-state index contributed by atoms with van der Waals surface area (Å²) in [5.74, 6) is -0.306. The van der Waals surface area contributed by atoms with Gasteiger partial charge >= 0.3 is 5.97 Å². The van der Waals surface area contributed by atoms with E-state index in [0.717, 1.165) is 50.9 Å². The number of likely N-dealkylation sites (N-methyl/N-ethyl adjacent to an activating group) is 1. The van der Waals surface area contributed by atoms with Crippen molar-refractivity contribution < 1.29 is 9.90 Å². The molecular weight excluding hydrogens is 448 g/mol. The number of hydrogen-bond donors (Lipinski definition) is 1. The number of pyridine rings is 1. The van der Waals surface area contributed by atoms with Crippen molar-refractivity contribution in [2.75, 3.05) is 13.6 Å². The third-order valence-electron chi connectivity index (χ3n) is 7.51. The molecule has 0 saturated heterocycles. The molecule has 0 spiro atoms. The minimum Gasteiger partial charge on any atom is -0.478 e. The predicted molar refractivity (Wildman–Crippen MR) is 142 cm³/mol. The summed E-state index contributed by atoms with van der Waals surface area (Å²) >= 11 is 0. The SMILES string of the molecule is CCc1c(C(=O)O)cnn1-c1cccc(C2=CCCC(C)=C2CCc2ccc3c(c2)CCN(C)C3)n1. The normalized spacial score (nSPS) is 16.1. The molecular formula is C30H34N4O2. The smallest absolute Gasteiger partial charge is 0.339 e. The van der Waals surface area contributed by atoms with Gasteiger partial charge in [0, 0.05) is 13.1 Å². The highest BCUT2D eigenvalue weighted by Crippen LogP contribution is 2.35. The Morgan fingerprint density at radius 2 is 1.97 bits per heavy atom. The van der Waals surface area contributed by atoms with E-state index in [4.69, 9.17) is 4.98 Å². The van der Waals surface area contributed by atoms with Gasteiger partial charge in [-0.25, -0.2) is 14.5 Å². The lowest BCUT2D eigenvalue weighted by atomic mass is 9.85. The molecule has 1 aromatic carbocycles. The van der Waals surface area contributed by atoms with E-state index in [-0.39, 0.29) is 5.56 Å². The zero-order chi connectivity index (χ0) is 25.2. The summed E-state index contributed by atoms with van der Waals surface area (Å²) in [6, 6.07) is 12.9. The Morgan fingerprint density at radius 3 is 2.78 bits per heavy atom. The molecule has 3 aromatic rings. The molecule has 1 N–H and O–H groups in total. The monoisotopic (exact) mass is 482 g/mol.